The predicted octanol–water partition coefficient (Wildman–Crippen LogP) is 2.14. The zero-order valence-corrected chi connectivity index (χ0v) is 12.4. The lowest BCUT2D eigenvalue weighted by molar-refractivity contribution is 0.0920. The lowest BCUT2D eigenvalue weighted by Crippen LogP contribution is -2.47. The van der Waals surface area contributed by atoms with Crippen LogP contribution in [0.15, 0.2) is 36.5 Å². The third kappa shape index (κ3) is 2.83. The molecule has 1 aromatic heterocycles. The molecule has 0 bridgehead atoms. The summed E-state index contributed by atoms with van der Waals surface area (Å²) >= 11 is 1.64. The van der Waals surface area contributed by atoms with Gasteiger partial charge in [-0.05, 0) is 36.4 Å². The Morgan fingerprint density at radius 2 is 2.36 bits per heavy atom. The monoisotopic (exact) mass is 316 g/mol. The summed E-state index contributed by atoms with van der Waals surface area (Å²) in [7, 11) is 0. The van der Waals surface area contributed by atoms with Gasteiger partial charge in [-0.3, -0.25) is 4.79 Å². The van der Waals surface area contributed by atoms with E-state index in [1.54, 1.807) is 36.2 Å². The molecular weight excluding hydrogens is 303 g/mol. The van der Waals surface area contributed by atoms with Crippen LogP contribution in [0, 0.1) is 17.1 Å². The Kier molecular flexibility index (Phi) is 3.86. The SMILES string of the molecule is N#C[C@]1(NC(=O)c2ccn(-c3cccc(F)c3)n2)CCSC1. The molecular formula is C15H13FN4OS. The number of carbonyl (C=O) groups excluding carboxylic acids is 1. The second-order valence-electron chi connectivity index (χ2n) is 5.08. The molecule has 2 heterocycles. The minimum absolute atomic E-state index is 0.204. The number of carbonyl (C=O) groups is 1. The van der Waals surface area contributed by atoms with Gasteiger partial charge >= 0.3 is 0 Å². The van der Waals surface area contributed by atoms with Gasteiger partial charge in [0.1, 0.15) is 11.4 Å². The highest BCUT2D eigenvalue weighted by Crippen LogP contribution is 2.27. The van der Waals surface area contributed by atoms with Gasteiger partial charge in [-0.1, -0.05) is 6.07 Å². The minimum atomic E-state index is -0.815. The number of hydrogen-bond donors (Lipinski definition) is 1. The van der Waals surface area contributed by atoms with Crippen molar-refractivity contribution in [3.05, 3.63) is 48.0 Å². The Bertz CT molecular complexity index is 746. The van der Waals surface area contributed by atoms with E-state index in [2.05, 4.69) is 16.5 Å². The summed E-state index contributed by atoms with van der Waals surface area (Å²) in [5.74, 6) is 0.676. The van der Waals surface area contributed by atoms with Gasteiger partial charge in [0.15, 0.2) is 5.69 Å². The van der Waals surface area contributed by atoms with Crippen LogP contribution in [0.25, 0.3) is 5.69 Å². The maximum absolute atomic E-state index is 13.2. The first kappa shape index (κ1) is 14.6. The van der Waals surface area contributed by atoms with E-state index in [0.717, 1.165) is 5.75 Å². The van der Waals surface area contributed by atoms with Gasteiger partial charge in [0.2, 0.25) is 0 Å². The number of nitrogens with one attached hydrogen (secondary N) is 1. The van der Waals surface area contributed by atoms with Crippen molar-refractivity contribution in [3.8, 4) is 11.8 Å². The molecule has 22 heavy (non-hydrogen) atoms. The number of amides is 1. The fourth-order valence-electron chi connectivity index (χ4n) is 2.27. The molecule has 1 aliphatic heterocycles. The highest BCUT2D eigenvalue weighted by molar-refractivity contribution is 7.99. The number of nitrogens with zero attached hydrogens (tertiary/aromatic N) is 3. The van der Waals surface area contributed by atoms with E-state index in [1.807, 2.05) is 0 Å². The molecule has 0 spiro atoms. The van der Waals surface area contributed by atoms with Gasteiger partial charge < -0.3 is 5.32 Å². The first-order valence-corrected chi connectivity index (χ1v) is 7.90. The van der Waals surface area contributed by atoms with Crippen molar-refractivity contribution in [2.24, 2.45) is 0 Å². The van der Waals surface area contributed by atoms with E-state index < -0.39 is 5.54 Å². The molecule has 0 aliphatic carbocycles. The van der Waals surface area contributed by atoms with Crippen molar-refractivity contribution in [1.82, 2.24) is 15.1 Å². The molecule has 1 fully saturated rings. The molecule has 0 radical (unpaired) electrons. The summed E-state index contributed by atoms with van der Waals surface area (Å²) in [4.78, 5) is 12.3. The molecule has 1 amide bonds. The number of aromatic nitrogens is 2. The zero-order chi connectivity index (χ0) is 15.6. The molecule has 1 saturated heterocycles. The van der Waals surface area contributed by atoms with Gasteiger partial charge in [-0.25, -0.2) is 9.07 Å². The fourth-order valence-corrected chi connectivity index (χ4v) is 3.54. The van der Waals surface area contributed by atoms with Gasteiger partial charge in [0.05, 0.1) is 11.8 Å². The van der Waals surface area contributed by atoms with Crippen molar-refractivity contribution in [1.29, 1.82) is 5.26 Å². The van der Waals surface area contributed by atoms with E-state index in [1.165, 1.54) is 16.8 Å². The van der Waals surface area contributed by atoms with Crippen LogP contribution in [-0.4, -0.2) is 32.7 Å². The first-order valence-electron chi connectivity index (χ1n) is 6.75. The van der Waals surface area contributed by atoms with Crippen molar-refractivity contribution in [2.75, 3.05) is 11.5 Å². The van der Waals surface area contributed by atoms with Crippen LogP contribution in [0.1, 0.15) is 16.9 Å². The van der Waals surface area contributed by atoms with E-state index in [4.69, 9.17) is 0 Å². The van der Waals surface area contributed by atoms with Crippen LogP contribution >= 0.6 is 11.8 Å². The number of rotatable bonds is 3. The highest BCUT2D eigenvalue weighted by atomic mass is 32.2. The Balaban J connectivity index is 1.79. The lowest BCUT2D eigenvalue weighted by Gasteiger charge is -2.20. The van der Waals surface area contributed by atoms with Gasteiger partial charge in [0.25, 0.3) is 5.91 Å². The Morgan fingerprint density at radius 3 is 3.05 bits per heavy atom. The van der Waals surface area contributed by atoms with Crippen LogP contribution in [-0.2, 0) is 0 Å². The number of nitriles is 1. The predicted molar refractivity (Wildman–Crippen MR) is 81.3 cm³/mol. The number of halogens is 1. The molecule has 0 unspecified atom stereocenters. The van der Waals surface area contributed by atoms with Crippen molar-refractivity contribution in [3.63, 3.8) is 0 Å². The van der Waals surface area contributed by atoms with Crippen LogP contribution in [0.4, 0.5) is 4.39 Å². The lowest BCUT2D eigenvalue weighted by atomic mass is 10.0. The summed E-state index contributed by atoms with van der Waals surface area (Å²) < 4.78 is 14.7. The normalized spacial score (nSPS) is 20.5. The third-order valence-electron chi connectivity index (χ3n) is 3.48. The molecule has 3 rings (SSSR count). The smallest absolute Gasteiger partial charge is 0.273 e. The molecule has 0 saturated carbocycles. The third-order valence-corrected chi connectivity index (χ3v) is 4.67. The second kappa shape index (κ2) is 5.81. The van der Waals surface area contributed by atoms with E-state index in [-0.39, 0.29) is 17.4 Å². The Labute approximate surface area is 131 Å². The summed E-state index contributed by atoms with van der Waals surface area (Å²) in [6, 6.07) is 9.68. The molecule has 1 aromatic carbocycles. The van der Waals surface area contributed by atoms with E-state index in [9.17, 15) is 14.4 Å². The molecule has 1 atom stereocenters. The van der Waals surface area contributed by atoms with Gasteiger partial charge in [-0.15, -0.1) is 0 Å². The van der Waals surface area contributed by atoms with Gasteiger partial charge in [0, 0.05) is 11.9 Å². The van der Waals surface area contributed by atoms with E-state index in [0.29, 0.717) is 17.9 Å². The van der Waals surface area contributed by atoms with Crippen molar-refractivity contribution in [2.45, 2.75) is 12.0 Å². The Hall–Kier alpha value is -2.33. The van der Waals surface area contributed by atoms with Crippen LogP contribution in [0.2, 0.25) is 0 Å². The standard InChI is InChI=1S/C15H13FN4OS/c16-11-2-1-3-12(8-11)20-6-4-13(19-20)14(21)18-15(9-17)5-7-22-10-15/h1-4,6,8H,5,7,10H2,(H,18,21)/t15-/m1/s1. The van der Waals surface area contributed by atoms with Crippen LogP contribution in [0.5, 0.6) is 0 Å². The average molecular weight is 316 g/mol. The molecule has 1 aliphatic rings. The summed E-state index contributed by atoms with van der Waals surface area (Å²) in [6.45, 7) is 0. The van der Waals surface area contributed by atoms with Crippen molar-refractivity contribution < 1.29 is 9.18 Å². The van der Waals surface area contributed by atoms with Crippen molar-refractivity contribution >= 4 is 17.7 Å². The van der Waals surface area contributed by atoms with Crippen LogP contribution in [0.3, 0.4) is 0 Å². The van der Waals surface area contributed by atoms with Crippen LogP contribution < -0.4 is 5.32 Å². The maximum atomic E-state index is 13.2. The quantitative estimate of drug-likeness (QED) is 0.942. The summed E-state index contributed by atoms with van der Waals surface area (Å²) in [5, 5.41) is 16.2. The topological polar surface area (TPSA) is 70.7 Å². The number of hydrogen-bond acceptors (Lipinski definition) is 4. The Morgan fingerprint density at radius 1 is 1.50 bits per heavy atom. The minimum Gasteiger partial charge on any atom is -0.332 e. The number of benzene rings is 1. The molecule has 2 aromatic rings. The number of thioether (sulfide) groups is 1. The second-order valence-corrected chi connectivity index (χ2v) is 6.18. The molecule has 1 N–H and O–H groups in total. The molecule has 112 valence electrons. The summed E-state index contributed by atoms with van der Waals surface area (Å²) in [6.07, 6.45) is 2.22. The highest BCUT2D eigenvalue weighted by Gasteiger charge is 2.36. The fraction of sp³-hybridized carbons (Fsp3) is 0.267. The van der Waals surface area contributed by atoms with E-state index >= 15 is 0 Å². The maximum Gasteiger partial charge on any atom is 0.273 e. The zero-order valence-electron chi connectivity index (χ0n) is 11.6. The largest absolute Gasteiger partial charge is 0.332 e. The first-order chi connectivity index (χ1) is 10.6. The average Bonchev–Trinajstić information content (AvgIpc) is 3.17. The summed E-state index contributed by atoms with van der Waals surface area (Å²) in [5.41, 5.74) is -0.0778. The molecule has 7 heteroatoms. The van der Waals surface area contributed by atoms with Gasteiger partial charge in [-0.2, -0.15) is 22.1 Å². The molecule has 5 nitrogen and oxygen atoms in total.